The number of likely N-dealkylation sites (tertiary alicyclic amines) is 1. The van der Waals surface area contributed by atoms with Gasteiger partial charge in [0, 0.05) is 18.4 Å². The van der Waals surface area contributed by atoms with Gasteiger partial charge in [-0.2, -0.15) is 0 Å². The van der Waals surface area contributed by atoms with Crippen molar-refractivity contribution < 1.29 is 9.59 Å². The van der Waals surface area contributed by atoms with Crippen LogP contribution in [-0.2, 0) is 9.59 Å². The van der Waals surface area contributed by atoms with E-state index in [0.717, 1.165) is 6.42 Å². The van der Waals surface area contributed by atoms with Crippen molar-refractivity contribution in [3.05, 3.63) is 0 Å². The highest BCUT2D eigenvalue weighted by Gasteiger charge is 2.42. The first-order valence-electron chi connectivity index (χ1n) is 5.85. The van der Waals surface area contributed by atoms with Gasteiger partial charge in [-0.3, -0.25) is 14.5 Å². The molecule has 0 aromatic rings. The molecule has 0 spiro atoms. The minimum atomic E-state index is -0.173. The number of nitrogens with zero attached hydrogens (tertiary/aromatic N) is 1. The van der Waals surface area contributed by atoms with E-state index in [4.69, 9.17) is 5.73 Å². The molecule has 1 aliphatic rings. The van der Waals surface area contributed by atoms with Crippen LogP contribution in [0.2, 0.25) is 0 Å². The molecule has 4 heteroatoms. The molecule has 0 saturated carbocycles. The van der Waals surface area contributed by atoms with E-state index in [-0.39, 0.29) is 29.1 Å². The summed E-state index contributed by atoms with van der Waals surface area (Å²) in [5, 5.41) is 0. The van der Waals surface area contributed by atoms with Gasteiger partial charge in [-0.05, 0) is 18.4 Å². The van der Waals surface area contributed by atoms with Gasteiger partial charge in [-0.25, -0.2) is 0 Å². The first-order valence-corrected chi connectivity index (χ1v) is 5.85. The Bertz CT molecular complexity index is 279. The highest BCUT2D eigenvalue weighted by Crippen LogP contribution is 2.27. The largest absolute Gasteiger partial charge is 0.330 e. The Balaban J connectivity index is 2.62. The molecule has 0 aliphatic carbocycles. The van der Waals surface area contributed by atoms with Crippen LogP contribution < -0.4 is 5.73 Å². The van der Waals surface area contributed by atoms with Crippen LogP contribution in [0.1, 0.15) is 34.1 Å². The van der Waals surface area contributed by atoms with Crippen LogP contribution in [0.3, 0.4) is 0 Å². The smallest absolute Gasteiger partial charge is 0.232 e. The Labute approximate surface area is 97.2 Å². The topological polar surface area (TPSA) is 63.4 Å². The number of carbonyl (C=O) groups excluding carboxylic acids is 2. The molecular formula is C12H22N2O2. The van der Waals surface area contributed by atoms with Crippen LogP contribution in [-0.4, -0.2) is 29.8 Å². The van der Waals surface area contributed by atoms with Crippen LogP contribution >= 0.6 is 0 Å². The summed E-state index contributed by atoms with van der Waals surface area (Å²) in [6, 6.07) is 0. The lowest BCUT2D eigenvalue weighted by molar-refractivity contribution is -0.140. The second-order valence-corrected chi connectivity index (χ2v) is 5.52. The zero-order chi connectivity index (χ0) is 12.5. The first-order chi connectivity index (χ1) is 7.30. The van der Waals surface area contributed by atoms with Crippen molar-refractivity contribution in [3.63, 3.8) is 0 Å². The third-order valence-corrected chi connectivity index (χ3v) is 3.63. The highest BCUT2D eigenvalue weighted by molar-refractivity contribution is 6.04. The molecule has 2 N–H and O–H groups in total. The van der Waals surface area contributed by atoms with Gasteiger partial charge in [0.05, 0.1) is 0 Å². The molecule has 0 bridgehead atoms. The molecule has 1 aliphatic heterocycles. The lowest BCUT2D eigenvalue weighted by Gasteiger charge is -2.25. The van der Waals surface area contributed by atoms with Crippen LogP contribution in [0.15, 0.2) is 0 Å². The van der Waals surface area contributed by atoms with Crippen molar-refractivity contribution in [2.24, 2.45) is 23.0 Å². The van der Waals surface area contributed by atoms with E-state index >= 15 is 0 Å². The summed E-state index contributed by atoms with van der Waals surface area (Å²) >= 11 is 0. The van der Waals surface area contributed by atoms with Crippen LogP contribution in [0.25, 0.3) is 0 Å². The second kappa shape index (κ2) is 4.53. The van der Waals surface area contributed by atoms with Gasteiger partial charge in [0.15, 0.2) is 0 Å². The molecule has 16 heavy (non-hydrogen) atoms. The van der Waals surface area contributed by atoms with Gasteiger partial charge in [-0.15, -0.1) is 0 Å². The third kappa shape index (κ3) is 2.43. The van der Waals surface area contributed by atoms with E-state index in [1.165, 1.54) is 4.90 Å². The first kappa shape index (κ1) is 13.2. The molecule has 92 valence electrons. The van der Waals surface area contributed by atoms with Gasteiger partial charge < -0.3 is 5.73 Å². The van der Waals surface area contributed by atoms with Gasteiger partial charge in [0.2, 0.25) is 11.8 Å². The van der Waals surface area contributed by atoms with Gasteiger partial charge in [-0.1, -0.05) is 27.7 Å². The van der Waals surface area contributed by atoms with Crippen molar-refractivity contribution in [2.45, 2.75) is 34.1 Å². The summed E-state index contributed by atoms with van der Waals surface area (Å²) in [5.41, 5.74) is 5.61. The van der Waals surface area contributed by atoms with E-state index in [1.807, 2.05) is 27.7 Å². The quantitative estimate of drug-likeness (QED) is 0.727. The predicted octanol–water partition coefficient (Wildman–Crippen LogP) is 1.00. The number of hydrogen-bond acceptors (Lipinski definition) is 3. The van der Waals surface area contributed by atoms with Crippen molar-refractivity contribution in [3.8, 4) is 0 Å². The fourth-order valence-electron chi connectivity index (χ4n) is 1.76. The van der Waals surface area contributed by atoms with E-state index in [1.54, 1.807) is 0 Å². The van der Waals surface area contributed by atoms with Gasteiger partial charge >= 0.3 is 0 Å². The van der Waals surface area contributed by atoms with E-state index < -0.39 is 0 Å². The van der Waals surface area contributed by atoms with Crippen molar-refractivity contribution in [2.75, 3.05) is 13.1 Å². The predicted molar refractivity (Wildman–Crippen MR) is 62.5 cm³/mol. The van der Waals surface area contributed by atoms with Gasteiger partial charge in [0.1, 0.15) is 0 Å². The molecule has 1 rings (SSSR count). The lowest BCUT2D eigenvalue weighted by Crippen LogP contribution is -2.36. The molecule has 2 unspecified atom stereocenters. The molecule has 2 amide bonds. The molecule has 4 nitrogen and oxygen atoms in total. The summed E-state index contributed by atoms with van der Waals surface area (Å²) in [6.07, 6.45) is 0.764. The average molecular weight is 226 g/mol. The van der Waals surface area contributed by atoms with Crippen molar-refractivity contribution >= 4 is 11.8 Å². The highest BCUT2D eigenvalue weighted by atomic mass is 16.2. The number of rotatable bonds is 4. The Morgan fingerprint density at radius 2 is 1.62 bits per heavy atom. The number of imide groups is 1. The van der Waals surface area contributed by atoms with E-state index in [0.29, 0.717) is 13.1 Å². The number of nitrogens with two attached hydrogens (primary N) is 1. The maximum Gasteiger partial charge on any atom is 0.232 e. The normalized spacial score (nSPS) is 26.7. The summed E-state index contributed by atoms with van der Waals surface area (Å²) in [7, 11) is 0. The zero-order valence-corrected chi connectivity index (χ0v) is 10.6. The van der Waals surface area contributed by atoms with Crippen molar-refractivity contribution in [1.82, 2.24) is 4.90 Å². The van der Waals surface area contributed by atoms with Crippen LogP contribution in [0.5, 0.6) is 0 Å². The molecule has 0 aromatic carbocycles. The summed E-state index contributed by atoms with van der Waals surface area (Å²) in [5.74, 6) is -0.419. The second-order valence-electron chi connectivity index (χ2n) is 5.52. The van der Waals surface area contributed by atoms with Crippen molar-refractivity contribution in [1.29, 1.82) is 0 Å². The van der Waals surface area contributed by atoms with Gasteiger partial charge in [0.25, 0.3) is 0 Å². The SMILES string of the molecule is CC1C(=O)N(CCC(C)(C)CN)C(=O)C1C. The Morgan fingerprint density at radius 3 is 2.00 bits per heavy atom. The summed E-state index contributed by atoms with van der Waals surface area (Å²) in [6.45, 7) is 8.79. The minimum absolute atomic E-state index is 0.0182. The minimum Gasteiger partial charge on any atom is -0.330 e. The number of hydrogen-bond donors (Lipinski definition) is 1. The Hall–Kier alpha value is -0.900. The molecule has 1 fully saturated rings. The zero-order valence-electron chi connectivity index (χ0n) is 10.6. The molecular weight excluding hydrogens is 204 g/mol. The molecule has 2 atom stereocenters. The fourth-order valence-corrected chi connectivity index (χ4v) is 1.76. The van der Waals surface area contributed by atoms with Crippen LogP contribution in [0.4, 0.5) is 0 Å². The Kier molecular flexibility index (Phi) is 3.73. The molecule has 0 radical (unpaired) electrons. The Morgan fingerprint density at radius 1 is 1.19 bits per heavy atom. The maximum atomic E-state index is 11.8. The summed E-state index contributed by atoms with van der Waals surface area (Å²) < 4.78 is 0. The molecule has 0 aromatic heterocycles. The monoisotopic (exact) mass is 226 g/mol. The maximum absolute atomic E-state index is 11.8. The summed E-state index contributed by atoms with van der Waals surface area (Å²) in [4.78, 5) is 25.0. The number of carbonyl (C=O) groups is 2. The van der Waals surface area contributed by atoms with E-state index in [9.17, 15) is 9.59 Å². The molecule has 1 saturated heterocycles. The number of amides is 2. The molecule has 1 heterocycles. The fraction of sp³-hybridized carbons (Fsp3) is 0.833. The third-order valence-electron chi connectivity index (χ3n) is 3.63. The lowest BCUT2D eigenvalue weighted by atomic mass is 9.89. The standard InChI is InChI=1S/C12H22N2O2/c1-8-9(2)11(16)14(10(8)15)6-5-12(3,4)7-13/h8-9H,5-7,13H2,1-4H3. The average Bonchev–Trinajstić information content (AvgIpc) is 2.42. The van der Waals surface area contributed by atoms with E-state index in [2.05, 4.69) is 0 Å². The van der Waals surface area contributed by atoms with Crippen LogP contribution in [0, 0.1) is 17.3 Å².